The fourth-order valence-electron chi connectivity index (χ4n) is 1.61. The quantitative estimate of drug-likeness (QED) is 0.480. The van der Waals surface area contributed by atoms with Crippen molar-refractivity contribution in [2.75, 3.05) is 0 Å². The molecule has 0 saturated carbocycles. The van der Waals surface area contributed by atoms with E-state index in [0.29, 0.717) is 0 Å². The van der Waals surface area contributed by atoms with Crippen molar-refractivity contribution < 1.29 is 0 Å². The molecule has 1 aliphatic carbocycles. The maximum Gasteiger partial charge on any atom is -0.0279 e. The molecule has 0 aromatic carbocycles. The molecular formula is C13H21. The van der Waals surface area contributed by atoms with Crippen molar-refractivity contribution in [3.63, 3.8) is 0 Å². The molecule has 0 amide bonds. The summed E-state index contributed by atoms with van der Waals surface area (Å²) in [5, 5.41) is 0. The van der Waals surface area contributed by atoms with Crippen LogP contribution in [0.5, 0.6) is 0 Å². The second-order valence-corrected chi connectivity index (χ2v) is 3.76. The first kappa shape index (κ1) is 10.6. The zero-order valence-electron chi connectivity index (χ0n) is 8.60. The van der Waals surface area contributed by atoms with Crippen LogP contribution in [-0.2, 0) is 0 Å². The highest BCUT2D eigenvalue weighted by molar-refractivity contribution is 4.82. The summed E-state index contributed by atoms with van der Waals surface area (Å²) in [7, 11) is 0. The fourth-order valence-corrected chi connectivity index (χ4v) is 1.61. The maximum atomic E-state index is 3.37. The van der Waals surface area contributed by atoms with E-state index in [-0.39, 0.29) is 0 Å². The predicted octanol–water partition coefficient (Wildman–Crippen LogP) is 4.43. The molecule has 0 unspecified atom stereocenters. The predicted molar refractivity (Wildman–Crippen MR) is 58.5 cm³/mol. The molecule has 0 atom stereocenters. The van der Waals surface area contributed by atoms with Crippen molar-refractivity contribution in [2.24, 2.45) is 0 Å². The van der Waals surface area contributed by atoms with Crippen LogP contribution in [0, 0.1) is 6.08 Å². The Morgan fingerprint density at radius 3 is 2.23 bits per heavy atom. The second kappa shape index (κ2) is 8.10. The van der Waals surface area contributed by atoms with Gasteiger partial charge in [0.15, 0.2) is 0 Å². The summed E-state index contributed by atoms with van der Waals surface area (Å²) in [6.45, 7) is 0. The van der Waals surface area contributed by atoms with Crippen LogP contribution in [0.25, 0.3) is 0 Å². The van der Waals surface area contributed by atoms with Gasteiger partial charge >= 0.3 is 0 Å². The fraction of sp³-hybridized carbons (Fsp3) is 0.692. The average molecular weight is 177 g/mol. The third kappa shape index (κ3) is 6.62. The summed E-state index contributed by atoms with van der Waals surface area (Å²) < 4.78 is 0. The summed E-state index contributed by atoms with van der Waals surface area (Å²) in [4.78, 5) is 0. The van der Waals surface area contributed by atoms with Gasteiger partial charge in [0, 0.05) is 0 Å². The van der Waals surface area contributed by atoms with E-state index in [1.165, 1.54) is 51.4 Å². The highest BCUT2D eigenvalue weighted by atomic mass is 13.9. The van der Waals surface area contributed by atoms with Gasteiger partial charge in [0.1, 0.15) is 0 Å². The Labute approximate surface area is 82.7 Å². The van der Waals surface area contributed by atoms with Crippen LogP contribution in [0.1, 0.15) is 57.8 Å². The first-order valence-corrected chi connectivity index (χ1v) is 5.70. The Hall–Kier alpha value is -0.520. The molecule has 0 bridgehead atoms. The van der Waals surface area contributed by atoms with Gasteiger partial charge in [-0.25, -0.2) is 0 Å². The smallest absolute Gasteiger partial charge is 0.0279 e. The van der Waals surface area contributed by atoms with E-state index < -0.39 is 0 Å². The van der Waals surface area contributed by atoms with E-state index in [0.717, 1.165) is 6.42 Å². The lowest BCUT2D eigenvalue weighted by atomic mass is 10.1. The molecule has 0 heterocycles. The van der Waals surface area contributed by atoms with Crippen LogP contribution >= 0.6 is 0 Å². The number of rotatable bonds is 0. The summed E-state index contributed by atoms with van der Waals surface area (Å²) in [6.07, 6.45) is 22.0. The molecule has 0 fully saturated rings. The van der Waals surface area contributed by atoms with E-state index >= 15 is 0 Å². The first-order chi connectivity index (χ1) is 6.50. The van der Waals surface area contributed by atoms with Crippen LogP contribution in [-0.4, -0.2) is 0 Å². The minimum atomic E-state index is 1.16. The topological polar surface area (TPSA) is 0 Å². The van der Waals surface area contributed by atoms with Gasteiger partial charge in [0.05, 0.1) is 0 Å². The number of allylic oxidation sites excluding steroid dienone is 4. The van der Waals surface area contributed by atoms with Gasteiger partial charge in [-0.05, 0) is 57.4 Å². The summed E-state index contributed by atoms with van der Waals surface area (Å²) in [5.74, 6) is 0. The van der Waals surface area contributed by atoms with Crippen molar-refractivity contribution in [1.29, 1.82) is 0 Å². The molecule has 0 spiro atoms. The molecule has 13 heavy (non-hydrogen) atoms. The standard InChI is InChI=1S/C13H21/c1-2-4-6-8-10-12-13-11-9-7-5-3-1/h1-2,13H,3-11H2. The zero-order valence-corrected chi connectivity index (χ0v) is 8.60. The van der Waals surface area contributed by atoms with Gasteiger partial charge < -0.3 is 0 Å². The molecule has 0 N–H and O–H groups in total. The van der Waals surface area contributed by atoms with Gasteiger partial charge in [-0.2, -0.15) is 0 Å². The van der Waals surface area contributed by atoms with E-state index in [2.05, 4.69) is 24.3 Å². The van der Waals surface area contributed by atoms with Gasteiger partial charge in [-0.3, -0.25) is 0 Å². The van der Waals surface area contributed by atoms with E-state index in [1.54, 1.807) is 0 Å². The van der Waals surface area contributed by atoms with Crippen LogP contribution in [0.3, 0.4) is 0 Å². The Kier molecular flexibility index (Phi) is 6.58. The second-order valence-electron chi connectivity index (χ2n) is 3.76. The first-order valence-electron chi connectivity index (χ1n) is 5.70. The van der Waals surface area contributed by atoms with Crippen LogP contribution in [0.15, 0.2) is 18.2 Å². The lowest BCUT2D eigenvalue weighted by Gasteiger charge is -1.94. The summed E-state index contributed by atoms with van der Waals surface area (Å²) >= 11 is 0. The van der Waals surface area contributed by atoms with Crippen molar-refractivity contribution in [3.8, 4) is 0 Å². The minimum Gasteiger partial charge on any atom is -0.0885 e. The SMILES string of the molecule is [C]1=CCCCCCC=CCCCC1. The third-order valence-corrected chi connectivity index (χ3v) is 2.47. The Balaban J connectivity index is 2.18. The average Bonchev–Trinajstić information content (AvgIpc) is 2.18. The Morgan fingerprint density at radius 1 is 0.692 bits per heavy atom. The Bertz CT molecular complexity index is 135. The minimum absolute atomic E-state index is 1.16. The summed E-state index contributed by atoms with van der Waals surface area (Å²) in [6, 6.07) is 0. The largest absolute Gasteiger partial charge is 0.0885 e. The van der Waals surface area contributed by atoms with Gasteiger partial charge in [-0.1, -0.05) is 24.6 Å². The highest BCUT2D eigenvalue weighted by Gasteiger charge is 1.88. The maximum absolute atomic E-state index is 3.37. The molecule has 0 aliphatic heterocycles. The molecule has 0 nitrogen and oxygen atoms in total. The number of hydrogen-bond acceptors (Lipinski definition) is 0. The Morgan fingerprint density at radius 2 is 1.38 bits per heavy atom. The highest BCUT2D eigenvalue weighted by Crippen LogP contribution is 2.08. The van der Waals surface area contributed by atoms with Gasteiger partial charge in [-0.15, -0.1) is 0 Å². The molecule has 0 saturated heterocycles. The molecule has 1 rings (SSSR count). The molecule has 0 aromatic heterocycles. The van der Waals surface area contributed by atoms with E-state index in [1.807, 2.05) is 0 Å². The monoisotopic (exact) mass is 177 g/mol. The molecule has 0 heteroatoms. The molecule has 73 valence electrons. The molecular weight excluding hydrogens is 156 g/mol. The van der Waals surface area contributed by atoms with Crippen molar-refractivity contribution in [3.05, 3.63) is 24.3 Å². The van der Waals surface area contributed by atoms with Crippen molar-refractivity contribution >= 4 is 0 Å². The molecule has 0 aromatic rings. The van der Waals surface area contributed by atoms with E-state index in [9.17, 15) is 0 Å². The third-order valence-electron chi connectivity index (χ3n) is 2.47. The van der Waals surface area contributed by atoms with Gasteiger partial charge in [0.25, 0.3) is 0 Å². The van der Waals surface area contributed by atoms with Crippen molar-refractivity contribution in [1.82, 2.24) is 0 Å². The summed E-state index contributed by atoms with van der Waals surface area (Å²) in [5.41, 5.74) is 0. The van der Waals surface area contributed by atoms with Crippen LogP contribution < -0.4 is 0 Å². The normalized spacial score (nSPS) is 21.5. The lowest BCUT2D eigenvalue weighted by molar-refractivity contribution is 0.694. The number of hydrogen-bond donors (Lipinski definition) is 0. The molecule has 1 aliphatic rings. The van der Waals surface area contributed by atoms with Crippen LogP contribution in [0.2, 0.25) is 0 Å². The van der Waals surface area contributed by atoms with E-state index in [4.69, 9.17) is 0 Å². The van der Waals surface area contributed by atoms with Crippen molar-refractivity contribution in [2.45, 2.75) is 57.8 Å². The molecule has 1 radical (unpaired) electrons. The lowest BCUT2D eigenvalue weighted by Crippen LogP contribution is -1.74. The zero-order chi connectivity index (χ0) is 9.19. The van der Waals surface area contributed by atoms with Crippen LogP contribution in [0.4, 0.5) is 0 Å². The van der Waals surface area contributed by atoms with Gasteiger partial charge in [0.2, 0.25) is 0 Å².